The Morgan fingerprint density at radius 3 is 2.30 bits per heavy atom. The van der Waals surface area contributed by atoms with Crippen LogP contribution in [0.1, 0.15) is 31.7 Å². The Labute approximate surface area is 124 Å². The molecule has 1 aliphatic heterocycles. The molecule has 0 bridgehead atoms. The monoisotopic (exact) mass is 295 g/mol. The highest BCUT2D eigenvalue weighted by atomic mass is 32.2. The van der Waals surface area contributed by atoms with Crippen molar-refractivity contribution < 1.29 is 9.32 Å². The summed E-state index contributed by atoms with van der Waals surface area (Å²) in [4.78, 5) is 3.33. The van der Waals surface area contributed by atoms with E-state index in [9.17, 15) is 9.32 Å². The predicted molar refractivity (Wildman–Crippen MR) is 83.1 cm³/mol. The van der Waals surface area contributed by atoms with Crippen molar-refractivity contribution in [3.63, 3.8) is 0 Å². The molecule has 1 aliphatic rings. The molecule has 2 rings (SSSR count). The number of piperidine rings is 1. The average molecular weight is 295 g/mol. The quantitative estimate of drug-likeness (QED) is 0.907. The highest BCUT2D eigenvalue weighted by molar-refractivity contribution is 7.84. The summed E-state index contributed by atoms with van der Waals surface area (Å²) in [6, 6.07) is 8.06. The topological polar surface area (TPSA) is 40.5 Å². The first-order valence-corrected chi connectivity index (χ1v) is 8.90. The molecule has 1 heterocycles. The Hall–Kier alpha value is -0.710. The Morgan fingerprint density at radius 1 is 1.25 bits per heavy atom. The summed E-state index contributed by atoms with van der Waals surface area (Å²) in [5.74, 6) is 0. The number of benzene rings is 1. The summed E-state index contributed by atoms with van der Waals surface area (Å²) in [6.07, 6.45) is 4.93. The maximum atomic E-state index is 11.4. The van der Waals surface area contributed by atoms with Gasteiger partial charge in [-0.15, -0.1) is 0 Å². The predicted octanol–water partition coefficient (Wildman–Crippen LogP) is 2.41. The molecule has 3 nitrogen and oxygen atoms in total. The van der Waals surface area contributed by atoms with Crippen LogP contribution >= 0.6 is 0 Å². The Kier molecular flexibility index (Phi) is 5.35. The molecule has 1 aromatic carbocycles. The highest BCUT2D eigenvalue weighted by Gasteiger charge is 2.32. The molecule has 112 valence electrons. The number of rotatable bonds is 5. The second-order valence-corrected chi connectivity index (χ2v) is 7.27. The molecule has 0 saturated carbocycles. The first-order valence-electron chi connectivity index (χ1n) is 7.34. The zero-order chi connectivity index (χ0) is 14.6. The number of nitrogens with zero attached hydrogens (tertiary/aromatic N) is 1. The van der Waals surface area contributed by atoms with Gasteiger partial charge in [-0.25, -0.2) is 0 Å². The molecule has 0 radical (unpaired) electrons. The molecule has 0 aromatic heterocycles. The van der Waals surface area contributed by atoms with Crippen molar-refractivity contribution in [2.45, 2.75) is 37.6 Å². The third-order valence-electron chi connectivity index (χ3n) is 4.66. The average Bonchev–Trinajstić information content (AvgIpc) is 2.49. The zero-order valence-corrected chi connectivity index (χ0v) is 13.3. The fourth-order valence-corrected chi connectivity index (χ4v) is 3.37. The van der Waals surface area contributed by atoms with E-state index in [1.807, 2.05) is 12.1 Å². The van der Waals surface area contributed by atoms with Crippen LogP contribution in [0.25, 0.3) is 0 Å². The third-order valence-corrected chi connectivity index (χ3v) is 5.60. The Bertz CT molecular complexity index is 444. The van der Waals surface area contributed by atoms with E-state index >= 15 is 0 Å². The molecule has 1 saturated heterocycles. The van der Waals surface area contributed by atoms with Crippen LogP contribution in [0.5, 0.6) is 0 Å². The maximum absolute atomic E-state index is 11.4. The van der Waals surface area contributed by atoms with E-state index in [1.165, 1.54) is 5.56 Å². The first kappa shape index (κ1) is 15.7. The standard InChI is InChI=1S/C16H25NO2S/c1-3-16(13-18)8-10-17(11-9-16)12-14-4-6-15(7-5-14)20(2)19/h4-7,18H,3,8-13H2,1-2H3. The van der Waals surface area contributed by atoms with Crippen molar-refractivity contribution in [1.29, 1.82) is 0 Å². The fraction of sp³-hybridized carbons (Fsp3) is 0.625. The smallest absolute Gasteiger partial charge is 0.0498 e. The molecule has 0 aliphatic carbocycles. The van der Waals surface area contributed by atoms with E-state index < -0.39 is 10.8 Å². The Balaban J connectivity index is 1.91. The van der Waals surface area contributed by atoms with E-state index in [2.05, 4.69) is 24.0 Å². The molecular weight excluding hydrogens is 270 g/mol. The summed E-state index contributed by atoms with van der Waals surface area (Å²) in [7, 11) is -0.898. The van der Waals surface area contributed by atoms with Gasteiger partial charge in [-0.2, -0.15) is 0 Å². The number of hydrogen-bond donors (Lipinski definition) is 1. The number of aliphatic hydroxyl groups excluding tert-OH is 1. The van der Waals surface area contributed by atoms with Gasteiger partial charge in [-0.05, 0) is 55.5 Å². The van der Waals surface area contributed by atoms with Crippen LogP contribution in [0, 0.1) is 5.41 Å². The summed E-state index contributed by atoms with van der Waals surface area (Å²) >= 11 is 0. The van der Waals surface area contributed by atoms with Crippen LogP contribution in [0.4, 0.5) is 0 Å². The molecule has 1 N–H and O–H groups in total. The highest BCUT2D eigenvalue weighted by Crippen LogP contribution is 2.34. The second-order valence-electron chi connectivity index (χ2n) is 5.89. The van der Waals surface area contributed by atoms with E-state index in [4.69, 9.17) is 0 Å². The van der Waals surface area contributed by atoms with Crippen LogP contribution in [0.2, 0.25) is 0 Å². The minimum Gasteiger partial charge on any atom is -0.396 e. The van der Waals surface area contributed by atoms with Crippen molar-refractivity contribution >= 4 is 10.8 Å². The van der Waals surface area contributed by atoms with E-state index in [0.717, 1.165) is 43.8 Å². The van der Waals surface area contributed by atoms with Gasteiger partial charge >= 0.3 is 0 Å². The SMILES string of the molecule is CCC1(CO)CCN(Cc2ccc(S(C)=O)cc2)CC1. The van der Waals surface area contributed by atoms with Gasteiger partial charge in [0.25, 0.3) is 0 Å². The van der Waals surface area contributed by atoms with Gasteiger partial charge in [0.05, 0.1) is 0 Å². The molecule has 20 heavy (non-hydrogen) atoms. The molecule has 1 fully saturated rings. The fourth-order valence-electron chi connectivity index (χ4n) is 2.85. The lowest BCUT2D eigenvalue weighted by molar-refractivity contribution is 0.0382. The van der Waals surface area contributed by atoms with Crippen LogP contribution in [0.3, 0.4) is 0 Å². The van der Waals surface area contributed by atoms with Crippen molar-refractivity contribution in [2.75, 3.05) is 26.0 Å². The van der Waals surface area contributed by atoms with Crippen molar-refractivity contribution in [1.82, 2.24) is 4.90 Å². The summed E-state index contributed by atoms with van der Waals surface area (Å²) in [5, 5.41) is 9.55. The van der Waals surface area contributed by atoms with Crippen LogP contribution < -0.4 is 0 Å². The second kappa shape index (κ2) is 6.83. The minimum absolute atomic E-state index is 0.152. The van der Waals surface area contributed by atoms with Crippen molar-refractivity contribution in [3.8, 4) is 0 Å². The minimum atomic E-state index is -0.898. The lowest BCUT2D eigenvalue weighted by Crippen LogP contribution is -2.41. The van der Waals surface area contributed by atoms with Crippen molar-refractivity contribution in [2.24, 2.45) is 5.41 Å². The molecule has 0 amide bonds. The van der Waals surface area contributed by atoms with Crippen LogP contribution in [0.15, 0.2) is 29.2 Å². The largest absolute Gasteiger partial charge is 0.396 e. The van der Waals surface area contributed by atoms with Crippen molar-refractivity contribution in [3.05, 3.63) is 29.8 Å². The third kappa shape index (κ3) is 3.68. The lowest BCUT2D eigenvalue weighted by atomic mass is 9.77. The number of likely N-dealkylation sites (tertiary alicyclic amines) is 1. The Morgan fingerprint density at radius 2 is 1.85 bits per heavy atom. The normalized spacial score (nSPS) is 20.8. The summed E-state index contributed by atoms with van der Waals surface area (Å²) in [6.45, 7) is 5.54. The van der Waals surface area contributed by atoms with Gasteiger partial charge < -0.3 is 5.11 Å². The first-order chi connectivity index (χ1) is 9.58. The van der Waals surface area contributed by atoms with Crippen LogP contribution in [-0.2, 0) is 17.3 Å². The summed E-state index contributed by atoms with van der Waals surface area (Å²) in [5.41, 5.74) is 1.42. The lowest BCUT2D eigenvalue weighted by Gasteiger charge is -2.40. The van der Waals surface area contributed by atoms with Gasteiger partial charge in [-0.1, -0.05) is 19.1 Å². The number of aliphatic hydroxyl groups is 1. The summed E-state index contributed by atoms with van der Waals surface area (Å²) < 4.78 is 11.4. The molecule has 1 atom stereocenters. The maximum Gasteiger partial charge on any atom is 0.0498 e. The molecular formula is C16H25NO2S. The molecule has 1 unspecified atom stereocenters. The van der Waals surface area contributed by atoms with E-state index in [0.29, 0.717) is 6.61 Å². The van der Waals surface area contributed by atoms with Crippen LogP contribution in [-0.4, -0.2) is 40.2 Å². The van der Waals surface area contributed by atoms with Gasteiger partial charge in [-0.3, -0.25) is 9.11 Å². The number of hydrogen-bond acceptors (Lipinski definition) is 3. The molecule has 1 aromatic rings. The van der Waals surface area contributed by atoms with Gasteiger partial charge in [0.15, 0.2) is 0 Å². The van der Waals surface area contributed by atoms with E-state index in [-0.39, 0.29) is 5.41 Å². The van der Waals surface area contributed by atoms with Gasteiger partial charge in [0.1, 0.15) is 0 Å². The van der Waals surface area contributed by atoms with Gasteiger partial charge in [0.2, 0.25) is 0 Å². The molecule has 4 heteroatoms. The van der Waals surface area contributed by atoms with E-state index in [1.54, 1.807) is 6.26 Å². The van der Waals surface area contributed by atoms with Gasteiger partial charge in [0, 0.05) is 35.1 Å². The molecule has 0 spiro atoms. The zero-order valence-electron chi connectivity index (χ0n) is 12.5.